The van der Waals surface area contributed by atoms with Crippen molar-refractivity contribution in [2.45, 2.75) is 52.0 Å². The molecule has 16 heavy (non-hydrogen) atoms. The molecule has 5 heteroatoms. The van der Waals surface area contributed by atoms with E-state index in [1.807, 2.05) is 20.8 Å². The van der Waals surface area contributed by atoms with E-state index in [2.05, 4.69) is 25.0 Å². The molecule has 4 nitrogen and oxygen atoms in total. The Morgan fingerprint density at radius 1 is 1.25 bits per heavy atom. The van der Waals surface area contributed by atoms with Crippen LogP contribution in [0.2, 0.25) is 25.7 Å². The van der Waals surface area contributed by atoms with Gasteiger partial charge < -0.3 is 14.8 Å². The third kappa shape index (κ3) is 11.5. The van der Waals surface area contributed by atoms with Gasteiger partial charge in [-0.3, -0.25) is 0 Å². The summed E-state index contributed by atoms with van der Waals surface area (Å²) in [5.41, 5.74) is -0.268. The number of amides is 1. The van der Waals surface area contributed by atoms with Crippen LogP contribution in [0.3, 0.4) is 0 Å². The highest BCUT2D eigenvalue weighted by Crippen LogP contribution is 2.07. The lowest BCUT2D eigenvalue weighted by molar-refractivity contribution is -0.0118. The highest BCUT2D eigenvalue weighted by atomic mass is 28.3. The molecule has 0 rings (SSSR count). The molecule has 0 aromatic heterocycles. The van der Waals surface area contributed by atoms with E-state index in [1.165, 1.54) is 0 Å². The number of hydrogen-bond acceptors (Lipinski definition) is 3. The van der Waals surface area contributed by atoms with Crippen LogP contribution in [0.5, 0.6) is 0 Å². The molecule has 0 aromatic carbocycles. The van der Waals surface area contributed by atoms with Crippen molar-refractivity contribution in [2.75, 3.05) is 13.4 Å². The zero-order chi connectivity index (χ0) is 12.8. The van der Waals surface area contributed by atoms with E-state index in [4.69, 9.17) is 9.47 Å². The normalized spacial score (nSPS) is 12.4. The van der Waals surface area contributed by atoms with Crippen molar-refractivity contribution < 1.29 is 14.3 Å². The first-order chi connectivity index (χ1) is 7.10. The Morgan fingerprint density at radius 2 is 1.81 bits per heavy atom. The fourth-order valence-corrected chi connectivity index (χ4v) is 1.63. The van der Waals surface area contributed by atoms with E-state index in [0.29, 0.717) is 6.61 Å². The second-order valence-corrected chi connectivity index (χ2v) is 11.8. The van der Waals surface area contributed by atoms with Gasteiger partial charge in [0.25, 0.3) is 0 Å². The molecule has 1 N–H and O–H groups in total. The van der Waals surface area contributed by atoms with Crippen LogP contribution in [-0.2, 0) is 9.47 Å². The van der Waals surface area contributed by atoms with Crippen molar-refractivity contribution >= 4 is 14.2 Å². The molecule has 0 aliphatic rings. The molecule has 0 saturated carbocycles. The zero-order valence-corrected chi connectivity index (χ0v) is 12.3. The second kappa shape index (κ2) is 6.25. The van der Waals surface area contributed by atoms with Gasteiger partial charge in [-0.2, -0.15) is 0 Å². The van der Waals surface area contributed by atoms with Gasteiger partial charge in [0, 0.05) is 20.2 Å². The molecule has 0 unspecified atom stereocenters. The first-order valence-electron chi connectivity index (χ1n) is 5.63. The van der Waals surface area contributed by atoms with Crippen LogP contribution in [0, 0.1) is 0 Å². The van der Waals surface area contributed by atoms with Gasteiger partial charge in [-0.05, 0) is 26.8 Å². The molecule has 1 amide bonds. The van der Waals surface area contributed by atoms with Crippen LogP contribution in [0.15, 0.2) is 0 Å². The number of ether oxygens (including phenoxy) is 2. The molecular weight excluding hydrogens is 222 g/mol. The molecule has 0 heterocycles. The molecule has 0 aliphatic heterocycles. The maximum atomic E-state index is 11.2. The fourth-order valence-electron chi connectivity index (χ4n) is 0.875. The van der Waals surface area contributed by atoms with Gasteiger partial charge in [0.05, 0.1) is 0 Å². The topological polar surface area (TPSA) is 47.6 Å². The average molecular weight is 247 g/mol. The summed E-state index contributed by atoms with van der Waals surface area (Å²) in [6.45, 7) is 13.3. The molecular formula is C11H25NO3Si. The van der Waals surface area contributed by atoms with E-state index in [1.54, 1.807) is 0 Å². The molecule has 0 aromatic rings. The number of rotatable bonds is 5. The maximum absolute atomic E-state index is 11.2. The summed E-state index contributed by atoms with van der Waals surface area (Å²) in [6.07, 6.45) is -0.430. The average Bonchev–Trinajstić information content (AvgIpc) is 1.97. The SMILES string of the molecule is CC(C)(C)NC(=O)OCOCC[Si](C)(C)C. The molecule has 0 atom stereocenters. The van der Waals surface area contributed by atoms with Crippen LogP contribution in [0.1, 0.15) is 20.8 Å². The van der Waals surface area contributed by atoms with Crippen LogP contribution in [0.25, 0.3) is 0 Å². The van der Waals surface area contributed by atoms with Gasteiger partial charge >= 0.3 is 6.09 Å². The van der Waals surface area contributed by atoms with Crippen molar-refractivity contribution in [2.24, 2.45) is 0 Å². The third-order valence-electron chi connectivity index (χ3n) is 1.75. The van der Waals surface area contributed by atoms with Crippen molar-refractivity contribution in [3.05, 3.63) is 0 Å². The van der Waals surface area contributed by atoms with Gasteiger partial charge in [-0.1, -0.05) is 19.6 Å². The molecule has 0 fully saturated rings. The van der Waals surface area contributed by atoms with Crippen LogP contribution in [-0.4, -0.2) is 33.1 Å². The Balaban J connectivity index is 3.50. The Morgan fingerprint density at radius 3 is 2.25 bits per heavy atom. The standard InChI is InChI=1S/C11H25NO3Si/c1-11(2,3)12-10(13)15-9-14-7-8-16(4,5)6/h7-9H2,1-6H3,(H,12,13). The van der Waals surface area contributed by atoms with Crippen molar-refractivity contribution in [1.29, 1.82) is 0 Å². The molecule has 0 aliphatic carbocycles. The lowest BCUT2D eigenvalue weighted by Gasteiger charge is -2.20. The highest BCUT2D eigenvalue weighted by molar-refractivity contribution is 6.76. The quantitative estimate of drug-likeness (QED) is 0.462. The Kier molecular flexibility index (Phi) is 6.03. The Labute approximate surface area is 99.7 Å². The molecule has 0 bridgehead atoms. The minimum atomic E-state index is -1.05. The summed E-state index contributed by atoms with van der Waals surface area (Å²) in [5, 5.41) is 2.69. The first kappa shape index (κ1) is 15.4. The van der Waals surface area contributed by atoms with Crippen LogP contribution in [0.4, 0.5) is 4.79 Å². The molecule has 0 saturated heterocycles. The summed E-state index contributed by atoms with van der Waals surface area (Å²) in [7, 11) is -1.05. The number of carbonyl (C=O) groups excluding carboxylic acids is 1. The summed E-state index contributed by atoms with van der Waals surface area (Å²) in [4.78, 5) is 11.2. The number of carbonyl (C=O) groups is 1. The largest absolute Gasteiger partial charge is 0.422 e. The summed E-state index contributed by atoms with van der Waals surface area (Å²) < 4.78 is 10.1. The zero-order valence-electron chi connectivity index (χ0n) is 11.3. The summed E-state index contributed by atoms with van der Waals surface area (Å²) in [6, 6.07) is 1.08. The number of nitrogens with one attached hydrogen (secondary N) is 1. The number of alkyl carbamates (subject to hydrolysis) is 1. The van der Waals surface area contributed by atoms with E-state index < -0.39 is 14.2 Å². The molecule has 0 radical (unpaired) electrons. The van der Waals surface area contributed by atoms with E-state index in [-0.39, 0.29) is 12.3 Å². The predicted octanol–water partition coefficient (Wildman–Crippen LogP) is 2.82. The number of hydrogen-bond donors (Lipinski definition) is 1. The van der Waals surface area contributed by atoms with Crippen molar-refractivity contribution in [3.8, 4) is 0 Å². The monoisotopic (exact) mass is 247 g/mol. The van der Waals surface area contributed by atoms with E-state index >= 15 is 0 Å². The van der Waals surface area contributed by atoms with E-state index in [9.17, 15) is 4.79 Å². The summed E-state index contributed by atoms with van der Waals surface area (Å²) >= 11 is 0. The van der Waals surface area contributed by atoms with Crippen LogP contribution < -0.4 is 5.32 Å². The molecule has 0 spiro atoms. The van der Waals surface area contributed by atoms with Gasteiger partial charge in [0.15, 0.2) is 6.79 Å². The smallest absolute Gasteiger partial charge is 0.409 e. The Bertz CT molecular complexity index is 218. The minimum Gasteiger partial charge on any atom is -0.422 e. The van der Waals surface area contributed by atoms with Gasteiger partial charge in [-0.25, -0.2) is 4.79 Å². The van der Waals surface area contributed by atoms with Gasteiger partial charge in [0.1, 0.15) is 0 Å². The van der Waals surface area contributed by atoms with Gasteiger partial charge in [-0.15, -0.1) is 0 Å². The lowest BCUT2D eigenvalue weighted by atomic mass is 10.1. The van der Waals surface area contributed by atoms with Crippen LogP contribution >= 0.6 is 0 Å². The van der Waals surface area contributed by atoms with Crippen molar-refractivity contribution in [3.63, 3.8) is 0 Å². The van der Waals surface area contributed by atoms with Gasteiger partial charge in [0.2, 0.25) is 0 Å². The Hall–Kier alpha value is -0.553. The third-order valence-corrected chi connectivity index (χ3v) is 3.45. The minimum absolute atomic E-state index is 0.0341. The summed E-state index contributed by atoms with van der Waals surface area (Å²) in [5.74, 6) is 0. The predicted molar refractivity (Wildman–Crippen MR) is 68.3 cm³/mol. The second-order valence-electron chi connectivity index (χ2n) is 6.14. The lowest BCUT2D eigenvalue weighted by Crippen LogP contribution is -2.41. The van der Waals surface area contributed by atoms with E-state index in [0.717, 1.165) is 6.04 Å². The molecule has 96 valence electrons. The maximum Gasteiger partial charge on any atom is 0.409 e. The van der Waals surface area contributed by atoms with Crippen molar-refractivity contribution in [1.82, 2.24) is 5.32 Å². The fraction of sp³-hybridized carbons (Fsp3) is 0.909. The first-order valence-corrected chi connectivity index (χ1v) is 9.33. The highest BCUT2D eigenvalue weighted by Gasteiger charge is 2.15.